The number of esters is 1. The Labute approximate surface area is 172 Å². The van der Waals surface area contributed by atoms with E-state index in [2.05, 4.69) is 45.5 Å². The first-order valence-corrected chi connectivity index (χ1v) is 10.4. The number of ether oxygens (including phenoxy) is 2. The Hall–Kier alpha value is -2.38. The fourth-order valence-corrected chi connectivity index (χ4v) is 3.52. The van der Waals surface area contributed by atoms with Crippen LogP contribution in [0.25, 0.3) is 11.1 Å². The third kappa shape index (κ3) is 5.11. The fourth-order valence-electron chi connectivity index (χ4n) is 3.36. The van der Waals surface area contributed by atoms with Crippen LogP contribution in [-0.2, 0) is 14.3 Å². The van der Waals surface area contributed by atoms with Crippen molar-refractivity contribution in [2.75, 3.05) is 38.2 Å². The van der Waals surface area contributed by atoms with Crippen LogP contribution in [0.3, 0.4) is 0 Å². The summed E-state index contributed by atoms with van der Waals surface area (Å²) in [6, 6.07) is 16.5. The Bertz CT molecular complexity index is 782. The number of alkyl halides is 1. The van der Waals surface area contributed by atoms with E-state index >= 15 is 0 Å². The molecule has 3 rings (SSSR count). The average Bonchev–Trinajstić information content (AvgIpc) is 3.04. The van der Waals surface area contributed by atoms with Gasteiger partial charge in [-0.3, -0.25) is 0 Å². The Morgan fingerprint density at radius 1 is 1.00 bits per heavy atom. The molecule has 0 fully saturated rings. The number of fused-ring (bicyclic) bond motifs is 3. The van der Waals surface area contributed by atoms with Gasteiger partial charge in [-0.05, 0) is 22.3 Å². The first kappa shape index (κ1) is 20.4. The topological polar surface area (TPSA) is 81.2 Å². The van der Waals surface area contributed by atoms with Crippen molar-refractivity contribution in [3.05, 3.63) is 59.7 Å². The molecule has 0 aromatic heterocycles. The number of hydrogen-bond acceptors (Lipinski definition) is 4. The van der Waals surface area contributed by atoms with Gasteiger partial charge in [0.25, 0.3) is 0 Å². The van der Waals surface area contributed by atoms with Crippen LogP contribution in [0.4, 0.5) is 4.79 Å². The van der Waals surface area contributed by atoms with E-state index in [1.54, 1.807) is 5.32 Å². The van der Waals surface area contributed by atoms with Crippen molar-refractivity contribution in [3.63, 3.8) is 0 Å². The number of rotatable bonds is 9. The lowest BCUT2D eigenvalue weighted by Crippen LogP contribution is -2.87. The maximum atomic E-state index is 12.0. The van der Waals surface area contributed by atoms with Crippen LogP contribution in [0, 0.1) is 0 Å². The summed E-state index contributed by atoms with van der Waals surface area (Å²) in [6.07, 6.45) is -0.447. The van der Waals surface area contributed by atoms with E-state index in [1.165, 1.54) is 22.3 Å². The van der Waals surface area contributed by atoms with Crippen LogP contribution in [0.5, 0.6) is 0 Å². The molecule has 1 aliphatic carbocycles. The van der Waals surface area contributed by atoms with E-state index in [0.717, 1.165) is 0 Å². The number of nitrogens with two attached hydrogens (primary N) is 1. The Balaban J connectivity index is 1.42. The molecule has 7 heteroatoms. The summed E-state index contributed by atoms with van der Waals surface area (Å²) in [4.78, 5) is 23.4. The van der Waals surface area contributed by atoms with Crippen molar-refractivity contribution in [1.82, 2.24) is 5.32 Å². The summed E-state index contributed by atoms with van der Waals surface area (Å²) >= 11 is 3.20. The van der Waals surface area contributed by atoms with Crippen LogP contribution in [0.1, 0.15) is 17.0 Å². The Morgan fingerprint density at radius 2 is 1.64 bits per heavy atom. The number of nitrogens with one attached hydrogen (secondary N) is 1. The predicted octanol–water partition coefficient (Wildman–Crippen LogP) is 2.03. The van der Waals surface area contributed by atoms with E-state index in [0.29, 0.717) is 31.6 Å². The number of halogens is 1. The maximum absolute atomic E-state index is 12.0. The molecule has 1 aliphatic rings. The van der Waals surface area contributed by atoms with Gasteiger partial charge in [0, 0.05) is 11.2 Å². The molecule has 2 aromatic rings. The van der Waals surface area contributed by atoms with E-state index < -0.39 is 6.09 Å². The van der Waals surface area contributed by atoms with Crippen molar-refractivity contribution < 1.29 is 24.4 Å². The lowest BCUT2D eigenvalue weighted by molar-refractivity contribution is -0.643. The van der Waals surface area contributed by atoms with Crippen LogP contribution < -0.4 is 10.6 Å². The summed E-state index contributed by atoms with van der Waals surface area (Å²) < 4.78 is 10.4. The van der Waals surface area contributed by atoms with Gasteiger partial charge in [-0.15, -0.1) is 0 Å². The number of benzene rings is 2. The molecule has 1 amide bonds. The molecule has 0 bridgehead atoms. The summed E-state index contributed by atoms with van der Waals surface area (Å²) in [5, 5.41) is 5.14. The minimum atomic E-state index is -0.447. The highest BCUT2D eigenvalue weighted by molar-refractivity contribution is 9.09. The third-order valence-electron chi connectivity index (χ3n) is 4.61. The van der Waals surface area contributed by atoms with Gasteiger partial charge >= 0.3 is 12.1 Å². The highest BCUT2D eigenvalue weighted by Gasteiger charge is 2.28. The lowest BCUT2D eigenvalue weighted by atomic mass is 9.98. The largest absolute Gasteiger partial charge is 0.461 e. The van der Waals surface area contributed by atoms with Crippen molar-refractivity contribution in [1.29, 1.82) is 0 Å². The van der Waals surface area contributed by atoms with Crippen LogP contribution in [0.2, 0.25) is 0 Å². The zero-order chi connectivity index (χ0) is 19.8. The summed E-state index contributed by atoms with van der Waals surface area (Å²) in [7, 11) is 0. The second kappa shape index (κ2) is 10.2. The number of carbonyl (C=O) groups excluding carboxylic acids is 2. The van der Waals surface area contributed by atoms with Crippen LogP contribution in [-0.4, -0.2) is 50.2 Å². The van der Waals surface area contributed by atoms with E-state index in [9.17, 15) is 9.59 Å². The molecule has 6 nitrogen and oxygen atoms in total. The van der Waals surface area contributed by atoms with Gasteiger partial charge in [0.2, 0.25) is 0 Å². The van der Waals surface area contributed by atoms with Crippen LogP contribution >= 0.6 is 15.9 Å². The SMILES string of the molecule is O=C(C[NH2+]CCNC(=O)OCC1c2ccccc2-c2ccccc21)OCCBr. The quantitative estimate of drug-likeness (QED) is 0.350. The Kier molecular flexibility index (Phi) is 7.45. The average molecular weight is 448 g/mol. The van der Waals surface area contributed by atoms with Gasteiger partial charge in [-0.2, -0.15) is 0 Å². The molecule has 0 atom stereocenters. The standard InChI is InChI=1S/C21H23BrN2O4/c22-9-12-27-20(25)13-23-10-11-24-21(26)28-14-19-17-7-3-1-5-15(17)16-6-2-4-8-18(16)19/h1-8,19,23H,9-14H2,(H,24,26)/p+1. The molecule has 148 valence electrons. The van der Waals surface area contributed by atoms with Crippen molar-refractivity contribution in [2.45, 2.75) is 5.92 Å². The van der Waals surface area contributed by atoms with E-state index in [-0.39, 0.29) is 18.4 Å². The number of amides is 1. The maximum Gasteiger partial charge on any atom is 0.407 e. The van der Waals surface area contributed by atoms with Gasteiger partial charge in [-0.1, -0.05) is 64.5 Å². The van der Waals surface area contributed by atoms with E-state index in [4.69, 9.17) is 9.47 Å². The monoisotopic (exact) mass is 447 g/mol. The predicted molar refractivity (Wildman–Crippen MR) is 109 cm³/mol. The minimum Gasteiger partial charge on any atom is -0.461 e. The molecule has 2 aromatic carbocycles. The summed E-state index contributed by atoms with van der Waals surface area (Å²) in [5.41, 5.74) is 4.78. The van der Waals surface area contributed by atoms with Crippen molar-refractivity contribution in [3.8, 4) is 11.1 Å². The molecule has 0 aliphatic heterocycles. The van der Waals surface area contributed by atoms with Gasteiger partial charge < -0.3 is 20.1 Å². The Morgan fingerprint density at radius 3 is 2.29 bits per heavy atom. The zero-order valence-electron chi connectivity index (χ0n) is 15.5. The van der Waals surface area contributed by atoms with E-state index in [1.807, 2.05) is 24.3 Å². The number of alkyl carbamates (subject to hydrolysis) is 1. The molecule has 0 radical (unpaired) electrons. The van der Waals surface area contributed by atoms with Crippen molar-refractivity contribution in [2.24, 2.45) is 0 Å². The number of hydrogen-bond donors (Lipinski definition) is 2. The van der Waals surface area contributed by atoms with Gasteiger partial charge in [0.15, 0.2) is 6.54 Å². The van der Waals surface area contributed by atoms with Crippen molar-refractivity contribution >= 4 is 28.0 Å². The molecule has 0 saturated carbocycles. The normalized spacial score (nSPS) is 12.2. The summed E-state index contributed by atoms with van der Waals surface area (Å²) in [5.74, 6) is -0.213. The molecular formula is C21H24BrN2O4+. The zero-order valence-corrected chi connectivity index (χ0v) is 17.1. The first-order valence-electron chi connectivity index (χ1n) is 9.33. The first-order chi connectivity index (χ1) is 13.7. The molecular weight excluding hydrogens is 424 g/mol. The molecule has 3 N–H and O–H groups in total. The second-order valence-corrected chi connectivity index (χ2v) is 7.24. The molecule has 28 heavy (non-hydrogen) atoms. The fraction of sp³-hybridized carbons (Fsp3) is 0.333. The van der Waals surface area contributed by atoms with Gasteiger partial charge in [0.05, 0.1) is 13.1 Å². The molecule has 0 heterocycles. The van der Waals surface area contributed by atoms with Gasteiger partial charge in [-0.25, -0.2) is 9.59 Å². The molecule has 0 spiro atoms. The van der Waals surface area contributed by atoms with Crippen LogP contribution in [0.15, 0.2) is 48.5 Å². The second-order valence-electron chi connectivity index (χ2n) is 6.44. The molecule has 0 unspecified atom stereocenters. The summed E-state index contributed by atoms with van der Waals surface area (Å²) in [6.45, 7) is 1.89. The lowest BCUT2D eigenvalue weighted by Gasteiger charge is -2.14. The van der Waals surface area contributed by atoms with Gasteiger partial charge in [0.1, 0.15) is 13.2 Å². The number of quaternary nitrogens is 1. The third-order valence-corrected chi connectivity index (χ3v) is 4.94. The molecule has 0 saturated heterocycles. The highest BCUT2D eigenvalue weighted by atomic mass is 79.9. The number of carbonyl (C=O) groups is 2. The highest BCUT2D eigenvalue weighted by Crippen LogP contribution is 2.44. The minimum absolute atomic E-state index is 0.0499. The smallest absolute Gasteiger partial charge is 0.407 e.